The zero-order valence-electron chi connectivity index (χ0n) is 18.1. The Kier molecular flexibility index (Phi) is 10.1. The van der Waals surface area contributed by atoms with Crippen molar-refractivity contribution < 1.29 is 29.4 Å². The largest absolute Gasteiger partial charge is 0.480 e. The molecule has 3 amide bonds. The smallest absolute Gasteiger partial charge is 0.328 e. The number of carbonyl (C=O) groups is 4. The van der Waals surface area contributed by atoms with Gasteiger partial charge in [0.2, 0.25) is 17.7 Å². The molecule has 0 aromatic carbocycles. The summed E-state index contributed by atoms with van der Waals surface area (Å²) in [4.78, 5) is 55.8. The Labute approximate surface area is 180 Å². The molecule has 8 N–H and O–H groups in total. The van der Waals surface area contributed by atoms with Gasteiger partial charge in [0, 0.05) is 18.3 Å². The number of nitrogens with two attached hydrogens (primary N) is 1. The van der Waals surface area contributed by atoms with Gasteiger partial charge in [-0.3, -0.25) is 14.4 Å². The minimum Gasteiger partial charge on any atom is -0.480 e. The van der Waals surface area contributed by atoms with Crippen LogP contribution in [0.4, 0.5) is 0 Å². The van der Waals surface area contributed by atoms with E-state index in [2.05, 4.69) is 25.9 Å². The Bertz CT molecular complexity index is 751. The van der Waals surface area contributed by atoms with Gasteiger partial charge >= 0.3 is 5.97 Å². The highest BCUT2D eigenvalue weighted by Crippen LogP contribution is 2.10. The summed E-state index contributed by atoms with van der Waals surface area (Å²) in [7, 11) is 0. The quantitative estimate of drug-likeness (QED) is 0.199. The van der Waals surface area contributed by atoms with E-state index >= 15 is 0 Å². The Morgan fingerprint density at radius 3 is 2.13 bits per heavy atom. The second kappa shape index (κ2) is 12.0. The van der Waals surface area contributed by atoms with E-state index in [-0.39, 0.29) is 12.3 Å². The second-order valence-corrected chi connectivity index (χ2v) is 7.57. The highest BCUT2D eigenvalue weighted by atomic mass is 16.4. The van der Waals surface area contributed by atoms with E-state index in [4.69, 9.17) is 5.73 Å². The lowest BCUT2D eigenvalue weighted by molar-refractivity contribution is -0.145. The number of carbonyl (C=O) groups excluding carboxylic acids is 3. The van der Waals surface area contributed by atoms with Crippen LogP contribution in [-0.4, -0.2) is 74.1 Å². The molecule has 0 aliphatic carbocycles. The maximum atomic E-state index is 13.0. The van der Waals surface area contributed by atoms with Gasteiger partial charge in [-0.25, -0.2) is 9.78 Å². The molecule has 12 heteroatoms. The summed E-state index contributed by atoms with van der Waals surface area (Å²) in [6, 6.07) is -4.53. The monoisotopic (exact) mass is 440 g/mol. The molecule has 0 radical (unpaired) electrons. The number of amides is 3. The van der Waals surface area contributed by atoms with E-state index in [9.17, 15) is 29.4 Å². The number of carboxylic acid groups (broad SMARTS) is 1. The fourth-order valence-corrected chi connectivity index (χ4v) is 2.72. The van der Waals surface area contributed by atoms with Crippen LogP contribution in [0.2, 0.25) is 0 Å². The SMILES string of the molecule is CCC(C)C(NC(=O)C(C)N)C(=O)NC(Cc1cnc[nH]1)C(=O)NC(C(=O)O)C(C)O. The highest BCUT2D eigenvalue weighted by molar-refractivity contribution is 5.94. The van der Waals surface area contributed by atoms with Gasteiger partial charge in [-0.05, 0) is 19.8 Å². The molecule has 6 unspecified atom stereocenters. The molecule has 0 spiro atoms. The van der Waals surface area contributed by atoms with E-state index in [0.717, 1.165) is 0 Å². The van der Waals surface area contributed by atoms with Gasteiger partial charge in [-0.1, -0.05) is 20.3 Å². The number of aliphatic hydroxyl groups is 1. The first-order valence-corrected chi connectivity index (χ1v) is 10.0. The fraction of sp³-hybridized carbons (Fsp3) is 0.632. The Hall–Kier alpha value is -2.99. The summed E-state index contributed by atoms with van der Waals surface area (Å²) in [5, 5.41) is 26.2. The molecule has 1 rings (SSSR count). The van der Waals surface area contributed by atoms with Crippen molar-refractivity contribution in [1.82, 2.24) is 25.9 Å². The van der Waals surface area contributed by atoms with E-state index < -0.39 is 54.0 Å². The number of aliphatic carboxylic acids is 1. The predicted octanol–water partition coefficient (Wildman–Crippen LogP) is -1.73. The van der Waals surface area contributed by atoms with Gasteiger partial charge in [0.25, 0.3) is 0 Å². The number of aromatic amines is 1. The molecule has 0 aliphatic heterocycles. The number of imidazole rings is 1. The Morgan fingerprint density at radius 1 is 1.06 bits per heavy atom. The van der Waals surface area contributed by atoms with Gasteiger partial charge in [-0.2, -0.15) is 0 Å². The fourth-order valence-electron chi connectivity index (χ4n) is 2.72. The molecule has 0 saturated carbocycles. The van der Waals surface area contributed by atoms with Crippen LogP contribution in [0.1, 0.15) is 39.8 Å². The Balaban J connectivity index is 3.08. The lowest BCUT2D eigenvalue weighted by Crippen LogP contribution is -2.59. The average molecular weight is 441 g/mol. The molecule has 1 aromatic rings. The lowest BCUT2D eigenvalue weighted by atomic mass is 9.97. The summed E-state index contributed by atoms with van der Waals surface area (Å²) in [6.45, 7) is 6.32. The van der Waals surface area contributed by atoms with Crippen LogP contribution in [0, 0.1) is 5.92 Å². The third kappa shape index (κ3) is 7.98. The predicted molar refractivity (Wildman–Crippen MR) is 111 cm³/mol. The molecule has 6 atom stereocenters. The van der Waals surface area contributed by atoms with Crippen LogP contribution in [-0.2, 0) is 25.6 Å². The molecule has 0 aliphatic rings. The number of aliphatic hydroxyl groups excluding tert-OH is 1. The molecule has 1 aromatic heterocycles. The maximum Gasteiger partial charge on any atom is 0.328 e. The number of nitrogens with one attached hydrogen (secondary N) is 4. The number of carboxylic acids is 1. The molecule has 12 nitrogen and oxygen atoms in total. The number of nitrogens with zero attached hydrogens (tertiary/aromatic N) is 1. The molecular weight excluding hydrogens is 408 g/mol. The van der Waals surface area contributed by atoms with Crippen LogP contribution in [0.25, 0.3) is 0 Å². The summed E-state index contributed by atoms with van der Waals surface area (Å²) in [6.07, 6.45) is 2.05. The summed E-state index contributed by atoms with van der Waals surface area (Å²) in [5.74, 6) is -3.63. The van der Waals surface area contributed by atoms with E-state index in [0.29, 0.717) is 12.1 Å². The van der Waals surface area contributed by atoms with Crippen molar-refractivity contribution in [3.63, 3.8) is 0 Å². The summed E-state index contributed by atoms with van der Waals surface area (Å²) >= 11 is 0. The van der Waals surface area contributed by atoms with Crippen LogP contribution in [0.5, 0.6) is 0 Å². The maximum absolute atomic E-state index is 13.0. The lowest BCUT2D eigenvalue weighted by Gasteiger charge is -2.27. The van der Waals surface area contributed by atoms with Gasteiger partial charge < -0.3 is 36.9 Å². The molecular formula is C19H32N6O6. The van der Waals surface area contributed by atoms with Crippen molar-refractivity contribution in [1.29, 1.82) is 0 Å². The first-order valence-electron chi connectivity index (χ1n) is 10.0. The van der Waals surface area contributed by atoms with Gasteiger partial charge in [0.15, 0.2) is 6.04 Å². The Morgan fingerprint density at radius 2 is 1.68 bits per heavy atom. The van der Waals surface area contributed by atoms with Crippen molar-refractivity contribution in [2.75, 3.05) is 0 Å². The van der Waals surface area contributed by atoms with Crippen LogP contribution >= 0.6 is 0 Å². The van der Waals surface area contributed by atoms with E-state index in [1.165, 1.54) is 26.4 Å². The first kappa shape index (κ1) is 26.0. The zero-order valence-corrected chi connectivity index (χ0v) is 18.1. The summed E-state index contributed by atoms with van der Waals surface area (Å²) < 4.78 is 0. The molecule has 0 saturated heterocycles. The first-order chi connectivity index (χ1) is 14.5. The minimum atomic E-state index is -1.56. The molecule has 0 fully saturated rings. The van der Waals surface area contributed by atoms with Gasteiger partial charge in [0.05, 0.1) is 18.5 Å². The molecule has 174 valence electrons. The number of aromatic nitrogens is 2. The molecule has 1 heterocycles. The zero-order chi connectivity index (χ0) is 23.7. The van der Waals surface area contributed by atoms with Gasteiger partial charge in [0.1, 0.15) is 12.1 Å². The number of H-pyrrole nitrogens is 1. The number of rotatable bonds is 12. The third-order valence-electron chi connectivity index (χ3n) is 4.86. The minimum absolute atomic E-state index is 0.0157. The molecule has 0 bridgehead atoms. The van der Waals surface area contributed by atoms with Crippen molar-refractivity contribution >= 4 is 23.7 Å². The van der Waals surface area contributed by atoms with Crippen molar-refractivity contribution in [2.45, 2.75) is 70.8 Å². The van der Waals surface area contributed by atoms with Crippen LogP contribution in [0.15, 0.2) is 12.5 Å². The van der Waals surface area contributed by atoms with Gasteiger partial charge in [-0.15, -0.1) is 0 Å². The van der Waals surface area contributed by atoms with Crippen LogP contribution in [0.3, 0.4) is 0 Å². The topological polar surface area (TPSA) is 200 Å². The van der Waals surface area contributed by atoms with E-state index in [1.54, 1.807) is 6.92 Å². The second-order valence-electron chi connectivity index (χ2n) is 7.57. The number of hydrogen-bond donors (Lipinski definition) is 7. The summed E-state index contributed by atoms with van der Waals surface area (Å²) in [5.41, 5.74) is 6.10. The molecule has 31 heavy (non-hydrogen) atoms. The van der Waals surface area contributed by atoms with E-state index in [1.807, 2.05) is 6.92 Å². The standard InChI is InChI=1S/C19H32N6O6/c1-5-9(2)14(24-16(27)10(3)20)18(29)23-13(6-12-7-21-8-22-12)17(28)25-15(11(4)26)19(30)31/h7-11,13-15,26H,5-6,20H2,1-4H3,(H,21,22)(H,23,29)(H,24,27)(H,25,28)(H,30,31). The van der Waals surface area contributed by atoms with Crippen molar-refractivity contribution in [2.24, 2.45) is 11.7 Å². The van der Waals surface area contributed by atoms with Crippen LogP contribution < -0.4 is 21.7 Å². The van der Waals surface area contributed by atoms with Crippen molar-refractivity contribution in [3.05, 3.63) is 18.2 Å². The van der Waals surface area contributed by atoms with Crippen molar-refractivity contribution in [3.8, 4) is 0 Å². The third-order valence-corrected chi connectivity index (χ3v) is 4.86. The average Bonchev–Trinajstić information content (AvgIpc) is 3.20. The highest BCUT2D eigenvalue weighted by Gasteiger charge is 2.33. The normalized spacial score (nSPS) is 16.8. The number of hydrogen-bond acceptors (Lipinski definition) is 7.